The smallest absolute Gasteiger partial charge is 0.289 e. The van der Waals surface area contributed by atoms with E-state index >= 15 is 0 Å². The Morgan fingerprint density at radius 3 is 2.62 bits per heavy atom. The Bertz CT molecular complexity index is 799. The Hall–Kier alpha value is -2.30. The van der Waals surface area contributed by atoms with Gasteiger partial charge in [0.05, 0.1) is 24.6 Å². The van der Waals surface area contributed by atoms with Crippen molar-refractivity contribution in [3.63, 3.8) is 0 Å². The molecule has 26 heavy (non-hydrogen) atoms. The zero-order valence-corrected chi connectivity index (χ0v) is 15.7. The lowest BCUT2D eigenvalue weighted by atomic mass is 9.70. The summed E-state index contributed by atoms with van der Waals surface area (Å²) < 4.78 is 11.4. The zero-order chi connectivity index (χ0) is 18.6. The SMILES string of the molecule is COc1cccc(C2C3=C(OC4CC(C)C(C)CC4C3=O)C(=O)N2C)c1. The van der Waals surface area contributed by atoms with Crippen LogP contribution in [-0.4, -0.2) is 36.9 Å². The molecule has 1 aromatic rings. The van der Waals surface area contributed by atoms with Gasteiger partial charge < -0.3 is 14.4 Å². The number of fused-ring (bicyclic) bond motifs is 1. The minimum absolute atomic E-state index is 0.0838. The molecular weight excluding hydrogens is 330 g/mol. The van der Waals surface area contributed by atoms with Crippen LogP contribution in [0.5, 0.6) is 5.75 Å². The number of rotatable bonds is 2. The van der Waals surface area contributed by atoms with Crippen LogP contribution in [0.25, 0.3) is 0 Å². The van der Waals surface area contributed by atoms with Gasteiger partial charge in [-0.2, -0.15) is 0 Å². The van der Waals surface area contributed by atoms with Crippen LogP contribution in [0.2, 0.25) is 0 Å². The monoisotopic (exact) mass is 355 g/mol. The number of methoxy groups -OCH3 is 1. The third kappa shape index (κ3) is 2.44. The largest absolute Gasteiger partial charge is 0.497 e. The summed E-state index contributed by atoms with van der Waals surface area (Å²) >= 11 is 0. The van der Waals surface area contributed by atoms with Crippen LogP contribution in [0.15, 0.2) is 35.6 Å². The molecule has 5 unspecified atom stereocenters. The van der Waals surface area contributed by atoms with Crippen molar-refractivity contribution < 1.29 is 19.1 Å². The molecule has 0 aromatic heterocycles. The lowest BCUT2D eigenvalue weighted by Crippen LogP contribution is -2.43. The van der Waals surface area contributed by atoms with Crippen LogP contribution in [0.4, 0.5) is 0 Å². The number of benzene rings is 1. The fraction of sp³-hybridized carbons (Fsp3) is 0.524. The van der Waals surface area contributed by atoms with Crippen LogP contribution >= 0.6 is 0 Å². The number of ketones is 1. The first-order valence-corrected chi connectivity index (χ1v) is 9.28. The molecule has 1 fully saturated rings. The normalized spacial score (nSPS) is 33.7. The lowest BCUT2D eigenvalue weighted by Gasteiger charge is -2.40. The van der Waals surface area contributed by atoms with Gasteiger partial charge in [-0.3, -0.25) is 9.59 Å². The standard InChI is InChI=1S/C21H25NO4/c1-11-8-15-16(9-12(11)2)26-20-17(19(15)23)18(22(3)21(20)24)13-6-5-7-14(10-13)25-4/h5-7,10-12,15-16,18H,8-9H2,1-4H3. The lowest BCUT2D eigenvalue weighted by molar-refractivity contribution is -0.136. The topological polar surface area (TPSA) is 55.8 Å². The fourth-order valence-electron chi connectivity index (χ4n) is 4.58. The van der Waals surface area contributed by atoms with Crippen LogP contribution in [0, 0.1) is 17.8 Å². The summed E-state index contributed by atoms with van der Waals surface area (Å²) in [5, 5.41) is 0. The molecule has 0 N–H and O–H groups in total. The molecule has 138 valence electrons. The molecule has 5 heteroatoms. The second kappa shape index (κ2) is 6.15. The first-order chi connectivity index (χ1) is 12.4. The summed E-state index contributed by atoms with van der Waals surface area (Å²) in [6.07, 6.45) is 1.48. The maximum absolute atomic E-state index is 13.4. The van der Waals surface area contributed by atoms with Gasteiger partial charge in [-0.15, -0.1) is 0 Å². The maximum atomic E-state index is 13.4. The third-order valence-electron chi connectivity index (χ3n) is 6.35. The molecule has 0 saturated heterocycles. The van der Waals surface area contributed by atoms with Gasteiger partial charge >= 0.3 is 0 Å². The minimum atomic E-state index is -0.407. The average molecular weight is 355 g/mol. The third-order valence-corrected chi connectivity index (χ3v) is 6.35. The van der Waals surface area contributed by atoms with E-state index in [9.17, 15) is 9.59 Å². The molecule has 0 bridgehead atoms. The second-order valence-corrected chi connectivity index (χ2v) is 7.89. The van der Waals surface area contributed by atoms with E-state index in [2.05, 4.69) is 13.8 Å². The highest BCUT2D eigenvalue weighted by molar-refractivity contribution is 6.11. The van der Waals surface area contributed by atoms with Crippen molar-refractivity contribution in [1.29, 1.82) is 0 Å². The molecule has 1 saturated carbocycles. The Morgan fingerprint density at radius 2 is 1.88 bits per heavy atom. The highest BCUT2D eigenvalue weighted by Crippen LogP contribution is 2.48. The molecule has 5 nitrogen and oxygen atoms in total. The Kier molecular flexibility index (Phi) is 4.05. The van der Waals surface area contributed by atoms with Gasteiger partial charge in [-0.05, 0) is 42.4 Å². The summed E-state index contributed by atoms with van der Waals surface area (Å²) in [6, 6.07) is 7.14. The quantitative estimate of drug-likeness (QED) is 0.818. The zero-order valence-electron chi connectivity index (χ0n) is 15.7. The van der Waals surface area contributed by atoms with E-state index in [1.165, 1.54) is 0 Å². The number of carbonyl (C=O) groups is 2. The van der Waals surface area contributed by atoms with Crippen LogP contribution in [0.3, 0.4) is 0 Å². The first-order valence-electron chi connectivity index (χ1n) is 9.28. The molecule has 1 aromatic carbocycles. The first kappa shape index (κ1) is 17.1. The molecule has 4 rings (SSSR count). The predicted octanol–water partition coefficient (Wildman–Crippen LogP) is 3.11. The summed E-state index contributed by atoms with van der Waals surface area (Å²) in [5.41, 5.74) is 1.39. The van der Waals surface area contributed by atoms with E-state index in [1.54, 1.807) is 19.1 Å². The van der Waals surface area contributed by atoms with Gasteiger partial charge in [-0.1, -0.05) is 26.0 Å². The molecule has 5 atom stereocenters. The van der Waals surface area contributed by atoms with E-state index in [-0.39, 0.29) is 29.5 Å². The summed E-state index contributed by atoms with van der Waals surface area (Å²) in [5.74, 6) is 1.68. The number of ether oxygens (including phenoxy) is 2. The molecule has 2 aliphatic heterocycles. The number of hydrogen-bond donors (Lipinski definition) is 0. The van der Waals surface area contributed by atoms with Crippen molar-refractivity contribution in [2.24, 2.45) is 17.8 Å². The number of Topliss-reactive ketones (excluding diaryl/α,β-unsaturated/α-hetero) is 1. The average Bonchev–Trinajstić information content (AvgIpc) is 2.89. The van der Waals surface area contributed by atoms with E-state index in [1.807, 2.05) is 24.3 Å². The van der Waals surface area contributed by atoms with Gasteiger partial charge in [-0.25, -0.2) is 0 Å². The Morgan fingerprint density at radius 1 is 1.15 bits per heavy atom. The van der Waals surface area contributed by atoms with Gasteiger partial charge in [0.1, 0.15) is 11.9 Å². The highest BCUT2D eigenvalue weighted by Gasteiger charge is 2.52. The van der Waals surface area contributed by atoms with E-state index < -0.39 is 6.04 Å². The van der Waals surface area contributed by atoms with E-state index in [0.29, 0.717) is 23.2 Å². The molecule has 0 spiro atoms. The van der Waals surface area contributed by atoms with Gasteiger partial charge in [0.15, 0.2) is 11.5 Å². The second-order valence-electron chi connectivity index (χ2n) is 7.89. The number of carbonyl (C=O) groups excluding carboxylic acids is 2. The number of likely N-dealkylation sites (N-methyl/N-ethyl adjacent to an activating group) is 1. The predicted molar refractivity (Wildman–Crippen MR) is 96.5 cm³/mol. The van der Waals surface area contributed by atoms with Crippen LogP contribution in [-0.2, 0) is 14.3 Å². The maximum Gasteiger partial charge on any atom is 0.289 e. The van der Waals surface area contributed by atoms with Crippen molar-refractivity contribution in [3.8, 4) is 5.75 Å². The van der Waals surface area contributed by atoms with Crippen molar-refractivity contribution in [1.82, 2.24) is 4.90 Å². The number of nitrogens with zero attached hydrogens (tertiary/aromatic N) is 1. The van der Waals surface area contributed by atoms with E-state index in [4.69, 9.17) is 9.47 Å². The Balaban J connectivity index is 1.76. The molecule has 0 radical (unpaired) electrons. The number of hydrogen-bond acceptors (Lipinski definition) is 4. The van der Waals surface area contributed by atoms with Gasteiger partial charge in [0, 0.05) is 7.05 Å². The molecule has 1 aliphatic carbocycles. The molecule has 1 amide bonds. The minimum Gasteiger partial charge on any atom is -0.497 e. The van der Waals surface area contributed by atoms with Crippen LogP contribution in [0.1, 0.15) is 38.3 Å². The van der Waals surface area contributed by atoms with E-state index in [0.717, 1.165) is 18.4 Å². The van der Waals surface area contributed by atoms with Crippen molar-refractivity contribution >= 4 is 11.7 Å². The summed E-state index contributed by atoms with van der Waals surface area (Å²) in [7, 11) is 3.34. The molecule has 3 aliphatic rings. The van der Waals surface area contributed by atoms with Crippen molar-refractivity contribution in [2.75, 3.05) is 14.2 Å². The Labute approximate surface area is 154 Å². The summed E-state index contributed by atoms with van der Waals surface area (Å²) in [4.78, 5) is 27.8. The van der Waals surface area contributed by atoms with Crippen molar-refractivity contribution in [3.05, 3.63) is 41.2 Å². The highest BCUT2D eigenvalue weighted by atomic mass is 16.5. The summed E-state index contributed by atoms with van der Waals surface area (Å²) in [6.45, 7) is 4.39. The number of amides is 1. The molecule has 2 heterocycles. The fourth-order valence-corrected chi connectivity index (χ4v) is 4.58. The van der Waals surface area contributed by atoms with Gasteiger partial charge in [0.25, 0.3) is 5.91 Å². The molecular formula is C21H25NO4. The van der Waals surface area contributed by atoms with Crippen molar-refractivity contribution in [2.45, 2.75) is 38.8 Å². The van der Waals surface area contributed by atoms with Crippen LogP contribution < -0.4 is 4.74 Å². The van der Waals surface area contributed by atoms with Gasteiger partial charge in [0.2, 0.25) is 0 Å².